The summed E-state index contributed by atoms with van der Waals surface area (Å²) in [5.41, 5.74) is 9.23. The van der Waals surface area contributed by atoms with E-state index in [1.165, 1.54) is 0 Å². The van der Waals surface area contributed by atoms with E-state index in [-0.39, 0.29) is 5.97 Å². The molecule has 0 atom stereocenters. The van der Waals surface area contributed by atoms with Crippen LogP contribution in [0.15, 0.2) is 12.1 Å². The molecule has 0 radical (unpaired) electrons. The Morgan fingerprint density at radius 1 is 1.40 bits per heavy atom. The quantitative estimate of drug-likeness (QED) is 0.638. The van der Waals surface area contributed by atoms with Crippen LogP contribution in [0.4, 0.5) is 5.69 Å². The summed E-state index contributed by atoms with van der Waals surface area (Å²) in [4.78, 5) is 14.3. The lowest BCUT2D eigenvalue weighted by Gasteiger charge is -2.28. The average molecular weight is 277 g/mol. The van der Waals surface area contributed by atoms with Gasteiger partial charge in [-0.25, -0.2) is 4.79 Å². The molecular formula is C15H23N3O2. The lowest BCUT2D eigenvalue weighted by atomic mass is 10.0. The second kappa shape index (κ2) is 6.72. The van der Waals surface area contributed by atoms with Gasteiger partial charge in [-0.1, -0.05) is 6.07 Å². The van der Waals surface area contributed by atoms with Crippen LogP contribution in [0.1, 0.15) is 28.4 Å². The molecular weight excluding hydrogens is 254 g/mol. The fourth-order valence-electron chi connectivity index (χ4n) is 2.49. The van der Waals surface area contributed by atoms with Crippen molar-refractivity contribution >= 4 is 11.7 Å². The lowest BCUT2D eigenvalue weighted by molar-refractivity contribution is 0.0527. The van der Waals surface area contributed by atoms with E-state index in [1.54, 1.807) is 13.0 Å². The zero-order valence-electron chi connectivity index (χ0n) is 12.2. The van der Waals surface area contributed by atoms with Crippen molar-refractivity contribution in [2.24, 2.45) is 0 Å². The number of nitrogens with zero attached hydrogens (tertiary/aromatic N) is 1. The Balaban J connectivity index is 2.21. The summed E-state index contributed by atoms with van der Waals surface area (Å²) in [5, 5.41) is 3.33. The highest BCUT2D eigenvalue weighted by Crippen LogP contribution is 2.23. The molecule has 0 bridgehead atoms. The molecule has 5 nitrogen and oxygen atoms in total. The van der Waals surface area contributed by atoms with Crippen LogP contribution < -0.4 is 11.1 Å². The van der Waals surface area contributed by atoms with Crippen molar-refractivity contribution in [2.45, 2.75) is 20.4 Å². The van der Waals surface area contributed by atoms with Crippen LogP contribution in [-0.4, -0.2) is 43.7 Å². The van der Waals surface area contributed by atoms with Gasteiger partial charge in [-0.15, -0.1) is 0 Å². The Bertz CT molecular complexity index is 482. The van der Waals surface area contributed by atoms with Gasteiger partial charge in [-0.05, 0) is 31.0 Å². The fourth-order valence-corrected chi connectivity index (χ4v) is 2.49. The molecule has 0 aliphatic carbocycles. The highest BCUT2D eigenvalue weighted by atomic mass is 16.5. The molecule has 1 heterocycles. The molecule has 0 spiro atoms. The molecule has 0 aromatic heterocycles. The number of benzene rings is 1. The highest BCUT2D eigenvalue weighted by molar-refractivity contribution is 5.96. The predicted octanol–water partition coefficient (Wildman–Crippen LogP) is 1.16. The second-order valence-corrected chi connectivity index (χ2v) is 5.13. The minimum absolute atomic E-state index is 0.338. The molecule has 3 N–H and O–H groups in total. The Morgan fingerprint density at radius 3 is 2.75 bits per heavy atom. The van der Waals surface area contributed by atoms with Crippen molar-refractivity contribution in [2.75, 3.05) is 38.5 Å². The van der Waals surface area contributed by atoms with Crippen molar-refractivity contribution in [3.05, 3.63) is 28.8 Å². The zero-order chi connectivity index (χ0) is 14.5. The first-order valence-corrected chi connectivity index (χ1v) is 7.11. The summed E-state index contributed by atoms with van der Waals surface area (Å²) >= 11 is 0. The van der Waals surface area contributed by atoms with Gasteiger partial charge in [0.05, 0.1) is 17.9 Å². The van der Waals surface area contributed by atoms with Gasteiger partial charge in [-0.3, -0.25) is 4.90 Å². The van der Waals surface area contributed by atoms with Gasteiger partial charge < -0.3 is 15.8 Å². The smallest absolute Gasteiger partial charge is 0.340 e. The molecule has 2 rings (SSSR count). The number of nitrogens with two attached hydrogens (primary N) is 1. The molecule has 5 heteroatoms. The Hall–Kier alpha value is -1.59. The van der Waals surface area contributed by atoms with Crippen molar-refractivity contribution < 1.29 is 9.53 Å². The molecule has 1 aliphatic heterocycles. The van der Waals surface area contributed by atoms with E-state index >= 15 is 0 Å². The summed E-state index contributed by atoms with van der Waals surface area (Å²) in [6, 6.07) is 3.86. The molecule has 1 aromatic carbocycles. The monoisotopic (exact) mass is 277 g/mol. The SMILES string of the molecule is CCOC(=O)c1cc(C)cc(CN2CCNCC2)c1N. The number of anilines is 1. The number of ether oxygens (including phenoxy) is 1. The maximum Gasteiger partial charge on any atom is 0.340 e. The summed E-state index contributed by atoms with van der Waals surface area (Å²) in [5.74, 6) is -0.338. The minimum atomic E-state index is -0.338. The van der Waals surface area contributed by atoms with Crippen LogP contribution >= 0.6 is 0 Å². The lowest BCUT2D eigenvalue weighted by Crippen LogP contribution is -2.43. The Morgan fingerprint density at radius 2 is 2.10 bits per heavy atom. The summed E-state index contributed by atoms with van der Waals surface area (Å²) < 4.78 is 5.07. The number of esters is 1. The summed E-state index contributed by atoms with van der Waals surface area (Å²) in [6.45, 7) is 8.91. The van der Waals surface area contributed by atoms with Crippen LogP contribution in [-0.2, 0) is 11.3 Å². The van der Waals surface area contributed by atoms with Crippen molar-refractivity contribution in [1.82, 2.24) is 10.2 Å². The third-order valence-corrected chi connectivity index (χ3v) is 3.51. The molecule has 1 fully saturated rings. The van der Waals surface area contributed by atoms with Gasteiger partial charge >= 0.3 is 5.97 Å². The van der Waals surface area contributed by atoms with Crippen LogP contribution in [0.3, 0.4) is 0 Å². The van der Waals surface area contributed by atoms with Gasteiger partial charge in [-0.2, -0.15) is 0 Å². The first-order valence-electron chi connectivity index (χ1n) is 7.11. The number of rotatable bonds is 4. The number of piperazine rings is 1. The maximum atomic E-state index is 11.9. The second-order valence-electron chi connectivity index (χ2n) is 5.13. The number of hydrogen-bond acceptors (Lipinski definition) is 5. The van der Waals surface area contributed by atoms with Crippen LogP contribution in [0.2, 0.25) is 0 Å². The number of carbonyl (C=O) groups is 1. The molecule has 1 aromatic rings. The number of carbonyl (C=O) groups excluding carboxylic acids is 1. The summed E-state index contributed by atoms with van der Waals surface area (Å²) in [7, 11) is 0. The van der Waals surface area contributed by atoms with Crippen LogP contribution in [0.5, 0.6) is 0 Å². The van der Waals surface area contributed by atoms with Gasteiger partial charge in [0.15, 0.2) is 0 Å². The first-order chi connectivity index (χ1) is 9.61. The van der Waals surface area contributed by atoms with Gasteiger partial charge in [0.25, 0.3) is 0 Å². The fraction of sp³-hybridized carbons (Fsp3) is 0.533. The van der Waals surface area contributed by atoms with Crippen molar-refractivity contribution in [3.63, 3.8) is 0 Å². The number of hydrogen-bond donors (Lipinski definition) is 2. The van der Waals surface area contributed by atoms with Crippen LogP contribution in [0, 0.1) is 6.92 Å². The average Bonchev–Trinajstić information content (AvgIpc) is 2.44. The van der Waals surface area contributed by atoms with Crippen molar-refractivity contribution in [1.29, 1.82) is 0 Å². The standard InChI is InChI=1S/C15H23N3O2/c1-3-20-15(19)13-9-11(2)8-12(14(13)16)10-18-6-4-17-5-7-18/h8-9,17H,3-7,10,16H2,1-2H3. The molecule has 0 amide bonds. The Kier molecular flexibility index (Phi) is 4.98. The maximum absolute atomic E-state index is 11.9. The van der Waals surface area contributed by atoms with E-state index in [4.69, 9.17) is 10.5 Å². The van der Waals surface area contributed by atoms with Gasteiger partial charge in [0.2, 0.25) is 0 Å². The van der Waals surface area contributed by atoms with E-state index < -0.39 is 0 Å². The minimum Gasteiger partial charge on any atom is -0.462 e. The predicted molar refractivity (Wildman–Crippen MR) is 79.7 cm³/mol. The number of aryl methyl sites for hydroxylation is 1. The van der Waals surface area contributed by atoms with Gasteiger partial charge in [0, 0.05) is 32.7 Å². The van der Waals surface area contributed by atoms with E-state index in [1.807, 2.05) is 6.92 Å². The molecule has 20 heavy (non-hydrogen) atoms. The largest absolute Gasteiger partial charge is 0.462 e. The topological polar surface area (TPSA) is 67.6 Å². The first kappa shape index (κ1) is 14.8. The molecule has 0 saturated carbocycles. The van der Waals surface area contributed by atoms with E-state index in [0.717, 1.165) is 43.9 Å². The molecule has 0 unspecified atom stereocenters. The number of nitrogen functional groups attached to an aromatic ring is 1. The third-order valence-electron chi connectivity index (χ3n) is 3.51. The summed E-state index contributed by atoms with van der Waals surface area (Å²) in [6.07, 6.45) is 0. The Labute approximate surface area is 120 Å². The van der Waals surface area contributed by atoms with E-state index in [9.17, 15) is 4.79 Å². The van der Waals surface area contributed by atoms with Crippen LogP contribution in [0.25, 0.3) is 0 Å². The molecule has 110 valence electrons. The molecule has 1 aliphatic rings. The van der Waals surface area contributed by atoms with Crippen molar-refractivity contribution in [3.8, 4) is 0 Å². The normalized spacial score (nSPS) is 16.1. The number of nitrogens with one attached hydrogen (secondary N) is 1. The van der Waals surface area contributed by atoms with E-state index in [0.29, 0.717) is 17.9 Å². The highest BCUT2D eigenvalue weighted by Gasteiger charge is 2.17. The van der Waals surface area contributed by atoms with Gasteiger partial charge in [0.1, 0.15) is 0 Å². The van der Waals surface area contributed by atoms with E-state index in [2.05, 4.69) is 16.3 Å². The zero-order valence-corrected chi connectivity index (χ0v) is 12.2. The third kappa shape index (κ3) is 3.49. The molecule has 1 saturated heterocycles.